The quantitative estimate of drug-likeness (QED) is 0.891. The molecule has 2 heterocycles. The van der Waals surface area contributed by atoms with Crippen LogP contribution in [-0.4, -0.2) is 43.5 Å². The molecule has 4 heteroatoms. The van der Waals surface area contributed by atoms with Gasteiger partial charge in [0.25, 0.3) is 0 Å². The van der Waals surface area contributed by atoms with Crippen LogP contribution in [0.3, 0.4) is 0 Å². The first-order valence-electron chi connectivity index (χ1n) is 9.00. The maximum absolute atomic E-state index is 13.3. The smallest absolute Gasteiger partial charge is 0.230 e. The highest BCUT2D eigenvalue weighted by Gasteiger charge is 2.54. The Bertz CT molecular complexity index is 563. The lowest BCUT2D eigenvalue weighted by molar-refractivity contribution is -0.141. The van der Waals surface area contributed by atoms with Gasteiger partial charge in [-0.2, -0.15) is 0 Å². The summed E-state index contributed by atoms with van der Waals surface area (Å²) in [4.78, 5) is 15.5. The van der Waals surface area contributed by atoms with Crippen LogP contribution in [0, 0.1) is 17.3 Å². The molecule has 2 saturated heterocycles. The number of carbonyl (C=O) groups excluding carboxylic acids is 1. The van der Waals surface area contributed by atoms with E-state index in [0.29, 0.717) is 30.2 Å². The molecular weight excluding hydrogens is 286 g/mol. The number of nitrogens with two attached hydrogens (primary N) is 1. The van der Waals surface area contributed by atoms with Gasteiger partial charge < -0.3 is 16.0 Å². The van der Waals surface area contributed by atoms with Crippen LogP contribution in [0.4, 0.5) is 0 Å². The molecule has 2 aliphatic heterocycles. The lowest BCUT2D eigenvalue weighted by Crippen LogP contribution is -2.46. The summed E-state index contributed by atoms with van der Waals surface area (Å²) in [6.07, 6.45) is 3.46. The second kappa shape index (κ2) is 5.91. The first-order chi connectivity index (χ1) is 11.2. The van der Waals surface area contributed by atoms with Gasteiger partial charge in [0.15, 0.2) is 0 Å². The predicted octanol–water partition coefficient (Wildman–Crippen LogP) is 1.58. The minimum absolute atomic E-state index is 0.120. The Morgan fingerprint density at radius 3 is 2.91 bits per heavy atom. The van der Waals surface area contributed by atoms with E-state index in [1.807, 2.05) is 6.07 Å². The molecule has 0 bridgehead atoms. The first kappa shape index (κ1) is 15.2. The van der Waals surface area contributed by atoms with Crippen LogP contribution < -0.4 is 11.1 Å². The van der Waals surface area contributed by atoms with Crippen LogP contribution in [0.5, 0.6) is 0 Å². The minimum Gasteiger partial charge on any atom is -0.341 e. The standard InChI is InChI=1S/C19H27N3O/c20-9-15-11-22(12-17(15)14-5-2-1-3-6-14)18(23)19-8-4-7-16(19)10-21-13-19/h1-3,5-6,15-17,21H,4,7-13,20H2/t15-,16-,17+,19-/m1/s1. The molecule has 124 valence electrons. The predicted molar refractivity (Wildman–Crippen MR) is 91.0 cm³/mol. The van der Waals surface area contributed by atoms with E-state index in [-0.39, 0.29) is 5.41 Å². The number of hydrogen-bond donors (Lipinski definition) is 2. The van der Waals surface area contributed by atoms with E-state index < -0.39 is 0 Å². The molecule has 0 radical (unpaired) electrons. The molecule has 1 aliphatic carbocycles. The summed E-state index contributed by atoms with van der Waals surface area (Å²) < 4.78 is 0. The Labute approximate surface area is 138 Å². The van der Waals surface area contributed by atoms with Crippen molar-refractivity contribution in [2.24, 2.45) is 23.0 Å². The van der Waals surface area contributed by atoms with E-state index in [1.165, 1.54) is 18.4 Å². The van der Waals surface area contributed by atoms with Crippen LogP contribution in [0.15, 0.2) is 30.3 Å². The van der Waals surface area contributed by atoms with Gasteiger partial charge in [0.05, 0.1) is 5.41 Å². The summed E-state index contributed by atoms with van der Waals surface area (Å²) in [5, 5.41) is 3.47. The number of fused-ring (bicyclic) bond motifs is 1. The zero-order valence-corrected chi connectivity index (χ0v) is 13.7. The van der Waals surface area contributed by atoms with Gasteiger partial charge in [-0.1, -0.05) is 36.8 Å². The molecule has 3 fully saturated rings. The second-order valence-corrected chi connectivity index (χ2v) is 7.60. The molecule has 4 nitrogen and oxygen atoms in total. The summed E-state index contributed by atoms with van der Waals surface area (Å²) in [6.45, 7) is 4.19. The molecule has 0 unspecified atom stereocenters. The van der Waals surface area contributed by atoms with E-state index in [1.54, 1.807) is 0 Å². The Hall–Kier alpha value is -1.39. The highest BCUT2D eigenvalue weighted by Crippen LogP contribution is 2.48. The Morgan fingerprint density at radius 1 is 1.30 bits per heavy atom. The number of hydrogen-bond acceptors (Lipinski definition) is 3. The van der Waals surface area contributed by atoms with E-state index in [0.717, 1.165) is 32.6 Å². The summed E-state index contributed by atoms with van der Waals surface area (Å²) in [5.74, 6) is 1.70. The minimum atomic E-state index is -0.120. The van der Waals surface area contributed by atoms with Crippen LogP contribution in [0.1, 0.15) is 30.7 Å². The fourth-order valence-corrected chi connectivity index (χ4v) is 5.17. The SMILES string of the molecule is NC[C@@H]1CN(C(=O)[C@@]23CCC[C@@H]2CNC3)C[C@H]1c1ccccc1. The third-order valence-corrected chi connectivity index (χ3v) is 6.47. The average molecular weight is 313 g/mol. The first-order valence-corrected chi connectivity index (χ1v) is 9.00. The van der Waals surface area contributed by atoms with Gasteiger partial charge in [-0.15, -0.1) is 0 Å². The zero-order valence-electron chi connectivity index (χ0n) is 13.7. The Morgan fingerprint density at radius 2 is 2.13 bits per heavy atom. The summed E-state index contributed by atoms with van der Waals surface area (Å²) in [6, 6.07) is 10.6. The third-order valence-electron chi connectivity index (χ3n) is 6.47. The van der Waals surface area contributed by atoms with Gasteiger partial charge in [0.2, 0.25) is 5.91 Å². The lowest BCUT2D eigenvalue weighted by atomic mass is 9.79. The molecule has 1 amide bonds. The number of benzene rings is 1. The van der Waals surface area contributed by atoms with Crippen LogP contribution in [0.2, 0.25) is 0 Å². The third kappa shape index (κ3) is 2.39. The molecule has 3 aliphatic rings. The van der Waals surface area contributed by atoms with Crippen LogP contribution >= 0.6 is 0 Å². The normalized spacial score (nSPS) is 36.4. The topological polar surface area (TPSA) is 58.4 Å². The van der Waals surface area contributed by atoms with Gasteiger partial charge in [0, 0.05) is 25.6 Å². The van der Waals surface area contributed by atoms with E-state index in [2.05, 4.69) is 34.5 Å². The molecule has 4 rings (SSSR count). The largest absolute Gasteiger partial charge is 0.341 e. The summed E-state index contributed by atoms with van der Waals surface area (Å²) in [7, 11) is 0. The van der Waals surface area contributed by atoms with Crippen LogP contribution in [0.25, 0.3) is 0 Å². The monoisotopic (exact) mass is 313 g/mol. The van der Waals surface area contributed by atoms with Gasteiger partial charge in [-0.25, -0.2) is 0 Å². The van der Waals surface area contributed by atoms with Crippen molar-refractivity contribution in [2.45, 2.75) is 25.2 Å². The van der Waals surface area contributed by atoms with Crippen molar-refractivity contribution in [1.29, 1.82) is 0 Å². The van der Waals surface area contributed by atoms with Crippen molar-refractivity contribution in [1.82, 2.24) is 10.2 Å². The molecule has 1 aromatic carbocycles. The molecule has 23 heavy (non-hydrogen) atoms. The molecule has 1 saturated carbocycles. The van der Waals surface area contributed by atoms with Crippen LogP contribution in [-0.2, 0) is 4.79 Å². The molecule has 1 aromatic rings. The number of nitrogens with one attached hydrogen (secondary N) is 1. The maximum Gasteiger partial charge on any atom is 0.230 e. The fourth-order valence-electron chi connectivity index (χ4n) is 5.17. The highest BCUT2D eigenvalue weighted by atomic mass is 16.2. The average Bonchev–Trinajstić information content (AvgIpc) is 3.28. The summed E-state index contributed by atoms with van der Waals surface area (Å²) in [5.41, 5.74) is 7.23. The van der Waals surface area contributed by atoms with Crippen molar-refractivity contribution in [3.05, 3.63) is 35.9 Å². The van der Waals surface area contributed by atoms with Gasteiger partial charge >= 0.3 is 0 Å². The second-order valence-electron chi connectivity index (χ2n) is 7.60. The Balaban J connectivity index is 1.55. The molecular formula is C19H27N3O. The fraction of sp³-hybridized carbons (Fsp3) is 0.632. The molecule has 0 aromatic heterocycles. The van der Waals surface area contributed by atoms with E-state index >= 15 is 0 Å². The van der Waals surface area contributed by atoms with Crippen molar-refractivity contribution in [2.75, 3.05) is 32.7 Å². The van der Waals surface area contributed by atoms with Gasteiger partial charge in [-0.05, 0) is 43.3 Å². The van der Waals surface area contributed by atoms with Crippen molar-refractivity contribution >= 4 is 5.91 Å². The number of likely N-dealkylation sites (tertiary alicyclic amines) is 1. The number of rotatable bonds is 3. The summed E-state index contributed by atoms with van der Waals surface area (Å²) >= 11 is 0. The van der Waals surface area contributed by atoms with Crippen molar-refractivity contribution in [3.63, 3.8) is 0 Å². The number of nitrogens with zero attached hydrogens (tertiary/aromatic N) is 1. The zero-order chi connectivity index (χ0) is 15.9. The molecule has 3 N–H and O–H groups in total. The van der Waals surface area contributed by atoms with Gasteiger partial charge in [0.1, 0.15) is 0 Å². The highest BCUT2D eigenvalue weighted by molar-refractivity contribution is 5.84. The number of amides is 1. The van der Waals surface area contributed by atoms with Crippen molar-refractivity contribution < 1.29 is 4.79 Å². The Kier molecular flexibility index (Phi) is 3.90. The van der Waals surface area contributed by atoms with E-state index in [4.69, 9.17) is 5.73 Å². The lowest BCUT2D eigenvalue weighted by Gasteiger charge is -2.32. The maximum atomic E-state index is 13.3. The van der Waals surface area contributed by atoms with Crippen molar-refractivity contribution in [3.8, 4) is 0 Å². The molecule has 4 atom stereocenters. The van der Waals surface area contributed by atoms with Gasteiger partial charge in [-0.3, -0.25) is 4.79 Å². The molecule has 0 spiro atoms. The number of carbonyl (C=O) groups is 1. The van der Waals surface area contributed by atoms with E-state index in [9.17, 15) is 4.79 Å².